The van der Waals surface area contributed by atoms with Crippen molar-refractivity contribution in [1.82, 2.24) is 4.57 Å². The molecule has 0 amide bonds. The molecule has 0 aliphatic rings. The minimum absolute atomic E-state index is 0.203. The van der Waals surface area contributed by atoms with Crippen LogP contribution in [0.2, 0.25) is 0 Å². The van der Waals surface area contributed by atoms with E-state index >= 15 is 0 Å². The topological polar surface area (TPSA) is 4.93 Å². The first-order valence-electron chi connectivity index (χ1n) is 6.13. The molecule has 17 heavy (non-hydrogen) atoms. The Morgan fingerprint density at radius 1 is 1.00 bits per heavy atom. The van der Waals surface area contributed by atoms with Crippen LogP contribution in [0.1, 0.15) is 32.0 Å². The first-order valence-corrected chi connectivity index (χ1v) is 6.13. The molecule has 0 saturated carbocycles. The minimum Gasteiger partial charge on any atom is -0.348 e. The SMILES string of the molecule is Cc1c(C(C)(C)C)cc(-c2ccccc2)n1C. The summed E-state index contributed by atoms with van der Waals surface area (Å²) in [5.74, 6) is 0. The van der Waals surface area contributed by atoms with Gasteiger partial charge < -0.3 is 4.57 Å². The lowest BCUT2D eigenvalue weighted by atomic mass is 9.87. The molecule has 0 radical (unpaired) electrons. The highest BCUT2D eigenvalue weighted by Gasteiger charge is 2.20. The van der Waals surface area contributed by atoms with Crippen molar-refractivity contribution in [3.63, 3.8) is 0 Å². The minimum atomic E-state index is 0.203. The first kappa shape index (κ1) is 12.0. The second-order valence-corrected chi connectivity index (χ2v) is 5.70. The van der Waals surface area contributed by atoms with E-state index in [1.54, 1.807) is 0 Å². The van der Waals surface area contributed by atoms with Gasteiger partial charge >= 0.3 is 0 Å². The second kappa shape index (κ2) is 4.06. The summed E-state index contributed by atoms with van der Waals surface area (Å²) < 4.78 is 2.29. The monoisotopic (exact) mass is 227 g/mol. The number of rotatable bonds is 1. The van der Waals surface area contributed by atoms with E-state index in [1.807, 2.05) is 0 Å². The van der Waals surface area contributed by atoms with E-state index in [-0.39, 0.29) is 5.41 Å². The molecule has 1 aromatic heterocycles. The Bertz CT molecular complexity index is 512. The fourth-order valence-electron chi connectivity index (χ4n) is 2.34. The summed E-state index contributed by atoms with van der Waals surface area (Å²) in [6, 6.07) is 12.9. The maximum atomic E-state index is 2.32. The maximum absolute atomic E-state index is 2.32. The van der Waals surface area contributed by atoms with Gasteiger partial charge in [0.05, 0.1) is 0 Å². The number of aromatic nitrogens is 1. The molecule has 0 fully saturated rings. The Morgan fingerprint density at radius 3 is 2.06 bits per heavy atom. The lowest BCUT2D eigenvalue weighted by molar-refractivity contribution is 0.583. The molecular weight excluding hydrogens is 206 g/mol. The molecule has 90 valence electrons. The van der Waals surface area contributed by atoms with Crippen molar-refractivity contribution in [2.45, 2.75) is 33.1 Å². The Labute approximate surface area is 104 Å². The fraction of sp³-hybridized carbons (Fsp3) is 0.375. The van der Waals surface area contributed by atoms with Crippen LogP contribution in [-0.4, -0.2) is 4.57 Å². The van der Waals surface area contributed by atoms with Gasteiger partial charge in [-0.15, -0.1) is 0 Å². The van der Waals surface area contributed by atoms with Gasteiger partial charge in [0.2, 0.25) is 0 Å². The molecule has 1 heterocycles. The summed E-state index contributed by atoms with van der Waals surface area (Å²) in [5.41, 5.74) is 5.58. The van der Waals surface area contributed by atoms with E-state index in [0.29, 0.717) is 0 Å². The first-order chi connectivity index (χ1) is 7.91. The zero-order valence-corrected chi connectivity index (χ0v) is 11.4. The van der Waals surface area contributed by atoms with Crippen molar-refractivity contribution in [3.05, 3.63) is 47.7 Å². The molecule has 2 rings (SSSR count). The third-order valence-electron chi connectivity index (χ3n) is 3.41. The van der Waals surface area contributed by atoms with Gasteiger partial charge in [0.15, 0.2) is 0 Å². The van der Waals surface area contributed by atoms with Gasteiger partial charge in [-0.25, -0.2) is 0 Å². The molecule has 0 spiro atoms. The van der Waals surface area contributed by atoms with E-state index in [1.165, 1.54) is 22.5 Å². The Hall–Kier alpha value is -1.50. The van der Waals surface area contributed by atoms with Crippen LogP contribution < -0.4 is 0 Å². The van der Waals surface area contributed by atoms with Gasteiger partial charge in [-0.2, -0.15) is 0 Å². The number of nitrogens with zero attached hydrogens (tertiary/aromatic N) is 1. The van der Waals surface area contributed by atoms with Crippen molar-refractivity contribution in [3.8, 4) is 11.3 Å². The van der Waals surface area contributed by atoms with Crippen LogP contribution >= 0.6 is 0 Å². The molecule has 1 nitrogen and oxygen atoms in total. The molecule has 1 aromatic carbocycles. The molecule has 0 saturated heterocycles. The fourth-order valence-corrected chi connectivity index (χ4v) is 2.34. The lowest BCUT2D eigenvalue weighted by Crippen LogP contribution is -2.12. The maximum Gasteiger partial charge on any atom is 0.0482 e. The zero-order valence-electron chi connectivity index (χ0n) is 11.4. The predicted molar refractivity (Wildman–Crippen MR) is 74.3 cm³/mol. The molecule has 0 atom stereocenters. The summed E-state index contributed by atoms with van der Waals surface area (Å²) in [7, 11) is 2.15. The normalized spacial score (nSPS) is 11.8. The quantitative estimate of drug-likeness (QED) is 0.684. The van der Waals surface area contributed by atoms with Gasteiger partial charge in [0, 0.05) is 18.4 Å². The van der Waals surface area contributed by atoms with Crippen LogP contribution in [0.5, 0.6) is 0 Å². The van der Waals surface area contributed by atoms with Crippen LogP contribution in [0, 0.1) is 6.92 Å². The third-order valence-corrected chi connectivity index (χ3v) is 3.41. The number of benzene rings is 1. The second-order valence-electron chi connectivity index (χ2n) is 5.70. The van der Waals surface area contributed by atoms with E-state index in [4.69, 9.17) is 0 Å². The van der Waals surface area contributed by atoms with Crippen molar-refractivity contribution >= 4 is 0 Å². The molecule has 2 aromatic rings. The van der Waals surface area contributed by atoms with Gasteiger partial charge in [0.25, 0.3) is 0 Å². The summed E-state index contributed by atoms with van der Waals surface area (Å²) in [4.78, 5) is 0. The Balaban J connectivity index is 2.59. The highest BCUT2D eigenvalue weighted by atomic mass is 15.0. The van der Waals surface area contributed by atoms with Crippen molar-refractivity contribution in [2.75, 3.05) is 0 Å². The standard InChI is InChI=1S/C16H21N/c1-12-14(16(2,3)4)11-15(17(12)5)13-9-7-6-8-10-13/h6-11H,1-5H3. The molecule has 0 unspecified atom stereocenters. The van der Waals surface area contributed by atoms with Gasteiger partial charge in [-0.05, 0) is 29.5 Å². The molecule has 1 heteroatoms. The van der Waals surface area contributed by atoms with Crippen LogP contribution in [-0.2, 0) is 12.5 Å². The van der Waals surface area contributed by atoms with Crippen molar-refractivity contribution < 1.29 is 0 Å². The predicted octanol–water partition coefficient (Wildman–Crippen LogP) is 4.30. The van der Waals surface area contributed by atoms with Gasteiger partial charge in [-0.1, -0.05) is 51.1 Å². The molecule has 0 N–H and O–H groups in total. The van der Waals surface area contributed by atoms with Gasteiger partial charge in [0.1, 0.15) is 0 Å². The molecule has 0 aliphatic carbocycles. The van der Waals surface area contributed by atoms with Crippen LogP contribution in [0.25, 0.3) is 11.3 Å². The lowest BCUT2D eigenvalue weighted by Gasteiger charge is -2.18. The zero-order chi connectivity index (χ0) is 12.6. The number of hydrogen-bond acceptors (Lipinski definition) is 0. The van der Waals surface area contributed by atoms with Crippen LogP contribution in [0.3, 0.4) is 0 Å². The van der Waals surface area contributed by atoms with Gasteiger partial charge in [-0.3, -0.25) is 0 Å². The summed E-state index contributed by atoms with van der Waals surface area (Å²) in [6.45, 7) is 9.01. The largest absolute Gasteiger partial charge is 0.348 e. The highest BCUT2D eigenvalue weighted by Crippen LogP contribution is 2.32. The van der Waals surface area contributed by atoms with Crippen molar-refractivity contribution in [1.29, 1.82) is 0 Å². The average molecular weight is 227 g/mol. The molecule has 0 bridgehead atoms. The smallest absolute Gasteiger partial charge is 0.0482 e. The van der Waals surface area contributed by atoms with Crippen LogP contribution in [0.4, 0.5) is 0 Å². The molecular formula is C16H21N. The Morgan fingerprint density at radius 2 is 1.59 bits per heavy atom. The molecule has 0 aliphatic heterocycles. The van der Waals surface area contributed by atoms with E-state index in [9.17, 15) is 0 Å². The van der Waals surface area contributed by atoms with E-state index < -0.39 is 0 Å². The highest BCUT2D eigenvalue weighted by molar-refractivity contribution is 5.63. The summed E-state index contributed by atoms with van der Waals surface area (Å²) >= 11 is 0. The number of hydrogen-bond donors (Lipinski definition) is 0. The summed E-state index contributed by atoms with van der Waals surface area (Å²) in [6.07, 6.45) is 0. The van der Waals surface area contributed by atoms with E-state index in [0.717, 1.165) is 0 Å². The third kappa shape index (κ3) is 2.14. The van der Waals surface area contributed by atoms with Crippen LogP contribution in [0.15, 0.2) is 36.4 Å². The van der Waals surface area contributed by atoms with Crippen molar-refractivity contribution in [2.24, 2.45) is 7.05 Å². The summed E-state index contributed by atoms with van der Waals surface area (Å²) in [5, 5.41) is 0. The van der Waals surface area contributed by atoms with E-state index in [2.05, 4.69) is 75.7 Å². The Kier molecular flexibility index (Phi) is 2.86. The average Bonchev–Trinajstić information content (AvgIpc) is 2.57.